The Kier molecular flexibility index (Phi) is 4.38. The third-order valence-electron chi connectivity index (χ3n) is 3.52. The Balaban J connectivity index is 1.68. The lowest BCUT2D eigenvalue weighted by Crippen LogP contribution is -2.14. The normalized spacial score (nSPS) is 10.3. The molecule has 3 aromatic rings. The minimum absolute atomic E-state index is 0.181. The van der Waals surface area contributed by atoms with Crippen LogP contribution in [-0.4, -0.2) is 21.1 Å². The molecule has 0 aliphatic heterocycles. The first-order valence-corrected chi connectivity index (χ1v) is 7.30. The van der Waals surface area contributed by atoms with Gasteiger partial charge in [0.15, 0.2) is 0 Å². The number of hydrogen-bond acceptors (Lipinski definition) is 4. The smallest absolute Gasteiger partial charge is 0.257 e. The number of pyridine rings is 1. The number of hydrogen-bond donors (Lipinski definition) is 1. The maximum atomic E-state index is 12.2. The monoisotopic (exact) mass is 304 g/mol. The number of rotatable bonds is 4. The van der Waals surface area contributed by atoms with Crippen molar-refractivity contribution in [3.8, 4) is 0 Å². The van der Waals surface area contributed by atoms with Crippen LogP contribution in [0.15, 0.2) is 61.1 Å². The van der Waals surface area contributed by atoms with Crippen molar-refractivity contribution in [3.05, 3.63) is 83.4 Å². The number of amides is 1. The highest BCUT2D eigenvalue weighted by atomic mass is 16.1. The van der Waals surface area contributed by atoms with Crippen molar-refractivity contribution >= 4 is 11.6 Å². The highest BCUT2D eigenvalue weighted by Crippen LogP contribution is 2.14. The van der Waals surface area contributed by atoms with Gasteiger partial charge in [-0.15, -0.1) is 0 Å². The van der Waals surface area contributed by atoms with Crippen LogP contribution in [0, 0.1) is 6.92 Å². The van der Waals surface area contributed by atoms with Crippen LogP contribution < -0.4 is 5.32 Å². The molecule has 0 unspecified atom stereocenters. The molecule has 0 aliphatic rings. The van der Waals surface area contributed by atoms with E-state index < -0.39 is 0 Å². The Hall–Kier alpha value is -3.08. The molecule has 1 N–H and O–H groups in total. The van der Waals surface area contributed by atoms with E-state index in [2.05, 4.69) is 20.5 Å². The van der Waals surface area contributed by atoms with Gasteiger partial charge in [-0.3, -0.25) is 9.78 Å². The van der Waals surface area contributed by atoms with E-state index in [4.69, 9.17) is 0 Å². The standard InChI is InChI=1S/C18H16N4O/c1-13-17(8-11-20-22-13)18(23)21-16-4-2-14(3-5-16)12-15-6-9-19-10-7-15/h2-11H,12H2,1H3,(H,21,23). The average molecular weight is 304 g/mol. The second kappa shape index (κ2) is 6.79. The Morgan fingerprint density at radius 2 is 1.65 bits per heavy atom. The van der Waals surface area contributed by atoms with Gasteiger partial charge in [0.2, 0.25) is 0 Å². The van der Waals surface area contributed by atoms with Crippen molar-refractivity contribution < 1.29 is 4.79 Å². The molecule has 1 amide bonds. The lowest BCUT2D eigenvalue weighted by Gasteiger charge is -2.08. The molecular weight excluding hydrogens is 288 g/mol. The highest BCUT2D eigenvalue weighted by molar-refractivity contribution is 6.04. The van der Waals surface area contributed by atoms with Crippen molar-refractivity contribution in [2.45, 2.75) is 13.3 Å². The lowest BCUT2D eigenvalue weighted by atomic mass is 10.1. The Labute approximate surface area is 134 Å². The van der Waals surface area contributed by atoms with Crippen molar-refractivity contribution in [3.63, 3.8) is 0 Å². The summed E-state index contributed by atoms with van der Waals surface area (Å²) in [6.07, 6.45) is 5.92. The van der Waals surface area contributed by atoms with E-state index in [1.807, 2.05) is 36.4 Å². The van der Waals surface area contributed by atoms with Crippen molar-refractivity contribution in [1.82, 2.24) is 15.2 Å². The first-order chi connectivity index (χ1) is 11.2. The summed E-state index contributed by atoms with van der Waals surface area (Å²) < 4.78 is 0. The zero-order valence-corrected chi connectivity index (χ0v) is 12.7. The van der Waals surface area contributed by atoms with E-state index in [9.17, 15) is 4.79 Å². The molecular formula is C18H16N4O. The van der Waals surface area contributed by atoms with E-state index >= 15 is 0 Å². The van der Waals surface area contributed by atoms with Gasteiger partial charge in [-0.1, -0.05) is 12.1 Å². The molecule has 2 aromatic heterocycles. The third-order valence-corrected chi connectivity index (χ3v) is 3.52. The third kappa shape index (κ3) is 3.77. The number of aryl methyl sites for hydroxylation is 1. The molecule has 0 radical (unpaired) electrons. The molecule has 0 bridgehead atoms. The van der Waals surface area contributed by atoms with Crippen LogP contribution in [-0.2, 0) is 6.42 Å². The minimum Gasteiger partial charge on any atom is -0.322 e. The van der Waals surface area contributed by atoms with Crippen molar-refractivity contribution in [2.75, 3.05) is 5.32 Å². The molecule has 3 rings (SSSR count). The summed E-state index contributed by atoms with van der Waals surface area (Å²) in [5, 5.41) is 10.5. The predicted octanol–water partition coefficient (Wildman–Crippen LogP) is 3.02. The van der Waals surface area contributed by atoms with Gasteiger partial charge in [0.1, 0.15) is 0 Å². The fraction of sp³-hybridized carbons (Fsp3) is 0.111. The number of nitrogens with zero attached hydrogens (tertiary/aromatic N) is 3. The van der Waals surface area contributed by atoms with Crippen molar-refractivity contribution in [1.29, 1.82) is 0 Å². The summed E-state index contributed by atoms with van der Waals surface area (Å²) in [6, 6.07) is 13.5. The van der Waals surface area contributed by atoms with Crippen LogP contribution in [0.4, 0.5) is 5.69 Å². The number of nitrogens with one attached hydrogen (secondary N) is 1. The number of aromatic nitrogens is 3. The molecule has 0 saturated heterocycles. The second-order valence-electron chi connectivity index (χ2n) is 5.21. The molecule has 0 saturated carbocycles. The van der Waals surface area contributed by atoms with Gasteiger partial charge in [-0.2, -0.15) is 10.2 Å². The first-order valence-electron chi connectivity index (χ1n) is 7.30. The maximum absolute atomic E-state index is 12.2. The van der Waals surface area contributed by atoms with E-state index in [1.54, 1.807) is 25.4 Å². The minimum atomic E-state index is -0.181. The number of anilines is 1. The zero-order valence-electron chi connectivity index (χ0n) is 12.7. The van der Waals surface area contributed by atoms with E-state index in [1.165, 1.54) is 17.3 Å². The van der Waals surface area contributed by atoms with Crippen LogP contribution >= 0.6 is 0 Å². The molecule has 1 aromatic carbocycles. The van der Waals surface area contributed by atoms with Crippen LogP contribution in [0.1, 0.15) is 27.2 Å². The van der Waals surface area contributed by atoms with Crippen LogP contribution in [0.5, 0.6) is 0 Å². The van der Waals surface area contributed by atoms with Gasteiger partial charge >= 0.3 is 0 Å². The molecule has 114 valence electrons. The number of carbonyl (C=O) groups is 1. The van der Waals surface area contributed by atoms with E-state index in [-0.39, 0.29) is 5.91 Å². The zero-order chi connectivity index (χ0) is 16.1. The quantitative estimate of drug-likeness (QED) is 0.804. The van der Waals surface area contributed by atoms with Gasteiger partial charge in [-0.25, -0.2) is 0 Å². The van der Waals surface area contributed by atoms with E-state index in [0.29, 0.717) is 11.3 Å². The molecule has 5 heteroatoms. The van der Waals surface area contributed by atoms with Gasteiger partial charge in [-0.05, 0) is 54.8 Å². The van der Waals surface area contributed by atoms with Crippen LogP contribution in [0.25, 0.3) is 0 Å². The second-order valence-corrected chi connectivity index (χ2v) is 5.21. The molecule has 2 heterocycles. The number of carbonyl (C=O) groups excluding carboxylic acids is 1. The Morgan fingerprint density at radius 3 is 2.35 bits per heavy atom. The summed E-state index contributed by atoms with van der Waals surface area (Å²) in [7, 11) is 0. The Morgan fingerprint density at radius 1 is 0.957 bits per heavy atom. The lowest BCUT2D eigenvalue weighted by molar-refractivity contribution is 0.102. The fourth-order valence-corrected chi connectivity index (χ4v) is 2.28. The molecule has 23 heavy (non-hydrogen) atoms. The molecule has 0 aliphatic carbocycles. The maximum Gasteiger partial charge on any atom is 0.257 e. The fourth-order valence-electron chi connectivity index (χ4n) is 2.28. The van der Waals surface area contributed by atoms with Gasteiger partial charge in [0.25, 0.3) is 5.91 Å². The summed E-state index contributed by atoms with van der Waals surface area (Å²) in [5.74, 6) is -0.181. The van der Waals surface area contributed by atoms with Gasteiger partial charge in [0.05, 0.1) is 17.5 Å². The summed E-state index contributed by atoms with van der Waals surface area (Å²) in [5.41, 5.74) is 4.27. The highest BCUT2D eigenvalue weighted by Gasteiger charge is 2.09. The van der Waals surface area contributed by atoms with Gasteiger partial charge < -0.3 is 5.32 Å². The predicted molar refractivity (Wildman–Crippen MR) is 88.2 cm³/mol. The number of benzene rings is 1. The van der Waals surface area contributed by atoms with E-state index in [0.717, 1.165) is 12.1 Å². The largest absolute Gasteiger partial charge is 0.322 e. The van der Waals surface area contributed by atoms with Crippen LogP contribution in [0.2, 0.25) is 0 Å². The van der Waals surface area contributed by atoms with Crippen LogP contribution in [0.3, 0.4) is 0 Å². The molecule has 0 spiro atoms. The Bertz CT molecular complexity index is 801. The molecule has 5 nitrogen and oxygen atoms in total. The summed E-state index contributed by atoms with van der Waals surface area (Å²) >= 11 is 0. The molecule has 0 fully saturated rings. The summed E-state index contributed by atoms with van der Waals surface area (Å²) in [6.45, 7) is 1.76. The molecule has 0 atom stereocenters. The first kappa shape index (κ1) is 14.8. The SMILES string of the molecule is Cc1nnccc1C(=O)Nc1ccc(Cc2ccncc2)cc1. The summed E-state index contributed by atoms with van der Waals surface area (Å²) in [4.78, 5) is 16.2. The van der Waals surface area contributed by atoms with Gasteiger partial charge in [0, 0.05) is 18.1 Å². The van der Waals surface area contributed by atoms with Crippen molar-refractivity contribution in [2.24, 2.45) is 0 Å². The topological polar surface area (TPSA) is 67.8 Å². The average Bonchev–Trinajstić information content (AvgIpc) is 2.58.